The molecule has 1 heterocycles. The van der Waals surface area contributed by atoms with Gasteiger partial charge in [0.1, 0.15) is 19.1 Å². The summed E-state index contributed by atoms with van der Waals surface area (Å²) < 4.78 is 5.72. The van der Waals surface area contributed by atoms with Gasteiger partial charge in [0.2, 0.25) is 11.8 Å². The highest BCUT2D eigenvalue weighted by atomic mass is 16.5. The van der Waals surface area contributed by atoms with Gasteiger partial charge >= 0.3 is 5.97 Å². The molecule has 124 valence electrons. The smallest absolute Gasteiger partial charge is 0.323 e. The van der Waals surface area contributed by atoms with E-state index in [0.29, 0.717) is 6.61 Å². The lowest BCUT2D eigenvalue weighted by molar-refractivity contribution is -0.163. The molecule has 0 unspecified atom stereocenters. The average Bonchev–Trinajstić information content (AvgIpc) is 2.51. The number of ether oxygens (including phenoxy) is 1. The highest BCUT2D eigenvalue weighted by Crippen LogP contribution is 2.17. The Morgan fingerprint density at radius 2 is 2.00 bits per heavy atom. The number of likely N-dealkylation sites (N-methyl/N-ethyl adjacent to an activating group) is 1. The zero-order valence-electron chi connectivity index (χ0n) is 13.1. The first-order valence-electron chi connectivity index (χ1n) is 7.32. The highest BCUT2D eigenvalue weighted by Gasteiger charge is 2.41. The maximum Gasteiger partial charge on any atom is 0.323 e. The Morgan fingerprint density at radius 1 is 1.35 bits per heavy atom. The van der Waals surface area contributed by atoms with Crippen molar-refractivity contribution in [3.05, 3.63) is 35.9 Å². The van der Waals surface area contributed by atoms with Crippen molar-refractivity contribution in [1.82, 2.24) is 9.80 Å². The van der Waals surface area contributed by atoms with Crippen LogP contribution < -0.4 is 0 Å². The van der Waals surface area contributed by atoms with Gasteiger partial charge in [-0.3, -0.25) is 14.4 Å². The molecule has 0 aromatic heterocycles. The maximum absolute atomic E-state index is 12.5. The number of benzene rings is 1. The summed E-state index contributed by atoms with van der Waals surface area (Å²) in [5, 5.41) is 8.86. The van der Waals surface area contributed by atoms with Crippen molar-refractivity contribution in [3.8, 4) is 0 Å². The molecule has 0 aliphatic carbocycles. The molecular weight excluding hydrogens is 300 g/mol. The van der Waals surface area contributed by atoms with Crippen molar-refractivity contribution in [3.63, 3.8) is 0 Å². The lowest BCUT2D eigenvalue weighted by Gasteiger charge is -2.40. The van der Waals surface area contributed by atoms with Gasteiger partial charge in [0, 0.05) is 7.05 Å². The van der Waals surface area contributed by atoms with E-state index in [2.05, 4.69) is 0 Å². The number of nitrogens with zero attached hydrogens (tertiary/aromatic N) is 2. The molecule has 1 aromatic rings. The zero-order valence-corrected chi connectivity index (χ0v) is 13.1. The molecule has 7 heteroatoms. The third-order valence-electron chi connectivity index (χ3n) is 3.83. The van der Waals surface area contributed by atoms with Crippen molar-refractivity contribution < 1.29 is 24.2 Å². The number of piperazine rings is 1. The summed E-state index contributed by atoms with van der Waals surface area (Å²) in [5.41, 5.74) is 0.957. The molecule has 2 atom stereocenters. The average molecular weight is 320 g/mol. The van der Waals surface area contributed by atoms with Gasteiger partial charge in [-0.1, -0.05) is 30.3 Å². The van der Waals surface area contributed by atoms with E-state index in [-0.39, 0.29) is 12.5 Å². The summed E-state index contributed by atoms with van der Waals surface area (Å²) in [4.78, 5) is 37.7. The first kappa shape index (κ1) is 17.0. The number of carboxylic acid groups (broad SMARTS) is 1. The van der Waals surface area contributed by atoms with Crippen molar-refractivity contribution >= 4 is 17.8 Å². The van der Waals surface area contributed by atoms with Gasteiger partial charge in [0.05, 0.1) is 12.7 Å². The summed E-state index contributed by atoms with van der Waals surface area (Å²) in [6.07, 6.45) is -0.548. The third kappa shape index (κ3) is 4.07. The summed E-state index contributed by atoms with van der Waals surface area (Å²) >= 11 is 0. The fourth-order valence-corrected chi connectivity index (χ4v) is 2.57. The van der Waals surface area contributed by atoms with Crippen LogP contribution in [-0.2, 0) is 25.7 Å². The number of rotatable bonds is 6. The number of carbonyl (C=O) groups excluding carboxylic acids is 2. The van der Waals surface area contributed by atoms with Crippen molar-refractivity contribution in [2.45, 2.75) is 25.7 Å². The second-order valence-corrected chi connectivity index (χ2v) is 5.54. The summed E-state index contributed by atoms with van der Waals surface area (Å²) in [6, 6.07) is 8.66. The van der Waals surface area contributed by atoms with Crippen LogP contribution in [0.2, 0.25) is 0 Å². The molecule has 0 radical (unpaired) electrons. The number of carboxylic acids is 1. The van der Waals surface area contributed by atoms with Crippen LogP contribution in [0.1, 0.15) is 12.5 Å². The second-order valence-electron chi connectivity index (χ2n) is 5.54. The van der Waals surface area contributed by atoms with Crippen LogP contribution in [0.25, 0.3) is 0 Å². The van der Waals surface area contributed by atoms with Crippen LogP contribution in [-0.4, -0.2) is 65.0 Å². The van der Waals surface area contributed by atoms with Crippen LogP contribution >= 0.6 is 0 Å². The number of hydrogen-bond acceptors (Lipinski definition) is 4. The van der Waals surface area contributed by atoms with E-state index in [1.807, 2.05) is 30.3 Å². The van der Waals surface area contributed by atoms with Crippen molar-refractivity contribution in [2.24, 2.45) is 0 Å². The number of carbonyl (C=O) groups is 3. The molecule has 0 spiro atoms. The lowest BCUT2D eigenvalue weighted by Crippen LogP contribution is -2.62. The van der Waals surface area contributed by atoms with E-state index in [0.717, 1.165) is 10.5 Å². The molecule has 1 saturated heterocycles. The van der Waals surface area contributed by atoms with E-state index < -0.39 is 30.6 Å². The monoisotopic (exact) mass is 320 g/mol. The van der Waals surface area contributed by atoms with E-state index in [1.165, 1.54) is 11.9 Å². The molecular formula is C16H20N2O5. The first-order chi connectivity index (χ1) is 10.9. The molecule has 2 rings (SSSR count). The minimum Gasteiger partial charge on any atom is -0.480 e. The molecule has 7 nitrogen and oxygen atoms in total. The van der Waals surface area contributed by atoms with Crippen LogP contribution in [0.3, 0.4) is 0 Å². The molecule has 1 fully saturated rings. The SMILES string of the molecule is C[C@@H](OCc1ccccc1)[C@H]1C(=O)N(CC(=O)O)CC(=O)N1C. The Morgan fingerprint density at radius 3 is 2.61 bits per heavy atom. The fraction of sp³-hybridized carbons (Fsp3) is 0.438. The largest absolute Gasteiger partial charge is 0.480 e. The lowest BCUT2D eigenvalue weighted by atomic mass is 10.1. The van der Waals surface area contributed by atoms with E-state index in [4.69, 9.17) is 9.84 Å². The molecule has 0 bridgehead atoms. The quantitative estimate of drug-likeness (QED) is 0.817. The number of aliphatic carboxylic acids is 1. The predicted molar refractivity (Wildman–Crippen MR) is 81.5 cm³/mol. The molecule has 2 amide bonds. The topological polar surface area (TPSA) is 87.1 Å². The Bertz CT molecular complexity index is 589. The Balaban J connectivity index is 2.06. The van der Waals surface area contributed by atoms with Gasteiger partial charge in [-0.25, -0.2) is 0 Å². The summed E-state index contributed by atoms with van der Waals surface area (Å²) in [6.45, 7) is 1.32. The fourth-order valence-electron chi connectivity index (χ4n) is 2.57. The molecule has 0 saturated carbocycles. The standard InChI is InChI=1S/C16H20N2O5/c1-11(23-10-12-6-4-3-5-7-12)15-16(22)18(9-14(20)21)8-13(19)17(15)2/h3-7,11,15H,8-10H2,1-2H3,(H,20,21)/t11-,15+/m1/s1. The Labute approximate surface area is 134 Å². The maximum atomic E-state index is 12.5. The molecule has 1 N–H and O–H groups in total. The van der Waals surface area contributed by atoms with Gasteiger partial charge in [-0.05, 0) is 12.5 Å². The molecule has 23 heavy (non-hydrogen) atoms. The Kier molecular flexibility index (Phi) is 5.33. The predicted octanol–water partition coefficient (Wildman–Crippen LogP) is 0.346. The normalized spacial score (nSPS) is 19.8. The van der Waals surface area contributed by atoms with E-state index in [1.54, 1.807) is 6.92 Å². The van der Waals surface area contributed by atoms with Gasteiger partial charge in [0.25, 0.3) is 0 Å². The minimum absolute atomic E-state index is 0.219. The van der Waals surface area contributed by atoms with Crippen molar-refractivity contribution in [1.29, 1.82) is 0 Å². The van der Waals surface area contributed by atoms with Crippen LogP contribution in [0.15, 0.2) is 30.3 Å². The van der Waals surface area contributed by atoms with Gasteiger partial charge in [-0.2, -0.15) is 0 Å². The molecule has 1 aliphatic rings. The van der Waals surface area contributed by atoms with Gasteiger partial charge < -0.3 is 19.6 Å². The van der Waals surface area contributed by atoms with Crippen LogP contribution in [0, 0.1) is 0 Å². The highest BCUT2D eigenvalue weighted by molar-refractivity contribution is 5.96. The summed E-state index contributed by atoms with van der Waals surface area (Å²) in [7, 11) is 1.53. The van der Waals surface area contributed by atoms with Crippen LogP contribution in [0.5, 0.6) is 0 Å². The van der Waals surface area contributed by atoms with Crippen molar-refractivity contribution in [2.75, 3.05) is 20.1 Å². The van der Waals surface area contributed by atoms with Gasteiger partial charge in [0.15, 0.2) is 0 Å². The summed E-state index contributed by atoms with van der Waals surface area (Å²) in [5.74, 6) is -1.85. The van der Waals surface area contributed by atoms with E-state index in [9.17, 15) is 14.4 Å². The number of hydrogen-bond donors (Lipinski definition) is 1. The Hall–Kier alpha value is -2.41. The number of amides is 2. The van der Waals surface area contributed by atoms with Crippen LogP contribution in [0.4, 0.5) is 0 Å². The molecule has 1 aliphatic heterocycles. The first-order valence-corrected chi connectivity index (χ1v) is 7.32. The minimum atomic E-state index is -1.15. The second kappa shape index (κ2) is 7.23. The molecule has 1 aromatic carbocycles. The third-order valence-corrected chi connectivity index (χ3v) is 3.83. The zero-order chi connectivity index (χ0) is 17.0. The van der Waals surface area contributed by atoms with E-state index >= 15 is 0 Å². The van der Waals surface area contributed by atoms with Gasteiger partial charge in [-0.15, -0.1) is 0 Å².